The molecule has 24 heavy (non-hydrogen) atoms. The molecule has 0 radical (unpaired) electrons. The molecule has 128 valence electrons. The summed E-state index contributed by atoms with van der Waals surface area (Å²) in [6, 6.07) is 3.50. The van der Waals surface area contributed by atoms with E-state index in [1.807, 2.05) is 4.90 Å². The number of carbonyl (C=O) groups is 1. The summed E-state index contributed by atoms with van der Waals surface area (Å²) in [5, 5.41) is 6.62. The third-order valence-corrected chi connectivity index (χ3v) is 4.25. The number of amides is 1. The summed E-state index contributed by atoms with van der Waals surface area (Å²) >= 11 is 0. The van der Waals surface area contributed by atoms with E-state index in [0.29, 0.717) is 31.9 Å². The Morgan fingerprint density at radius 3 is 2.92 bits per heavy atom. The molecule has 8 heteroatoms. The summed E-state index contributed by atoms with van der Waals surface area (Å²) in [6.07, 6.45) is 4.80. The highest BCUT2D eigenvalue weighted by molar-refractivity contribution is 5.78. The van der Waals surface area contributed by atoms with Crippen molar-refractivity contribution in [3.05, 3.63) is 42.2 Å². The first-order valence-corrected chi connectivity index (χ1v) is 7.98. The molecule has 1 fully saturated rings. The Labute approximate surface area is 139 Å². The monoisotopic (exact) mass is 332 g/mol. The van der Waals surface area contributed by atoms with Crippen LogP contribution in [0, 0.1) is 0 Å². The van der Waals surface area contributed by atoms with Gasteiger partial charge in [-0.15, -0.1) is 0 Å². The molecule has 0 aromatic carbocycles. The lowest BCUT2D eigenvalue weighted by Crippen LogP contribution is -2.41. The Balaban J connectivity index is 1.58. The molecular weight excluding hydrogens is 311 g/mol. The number of likely N-dealkylation sites (N-methyl/N-ethyl adjacent to an activating group) is 1. The third-order valence-electron chi connectivity index (χ3n) is 4.25. The van der Waals surface area contributed by atoms with Crippen molar-refractivity contribution < 1.29 is 9.18 Å². The molecule has 0 spiro atoms. The molecule has 0 saturated carbocycles. The first kappa shape index (κ1) is 16.5. The Hall–Kier alpha value is -2.35. The Morgan fingerprint density at radius 1 is 1.42 bits per heavy atom. The van der Waals surface area contributed by atoms with Crippen molar-refractivity contribution in [2.24, 2.45) is 0 Å². The van der Waals surface area contributed by atoms with Gasteiger partial charge in [0.1, 0.15) is 12.0 Å². The maximum Gasteiger partial charge on any atom is 0.228 e. The lowest BCUT2D eigenvalue weighted by atomic mass is 10.2. The van der Waals surface area contributed by atoms with Gasteiger partial charge in [0, 0.05) is 50.5 Å². The molecule has 2 aromatic heterocycles. The lowest BCUT2D eigenvalue weighted by molar-refractivity contribution is -0.129. The van der Waals surface area contributed by atoms with Crippen LogP contribution in [0.15, 0.2) is 30.7 Å². The zero-order valence-electron chi connectivity index (χ0n) is 13.6. The van der Waals surface area contributed by atoms with Gasteiger partial charge in [0.25, 0.3) is 0 Å². The van der Waals surface area contributed by atoms with Crippen molar-refractivity contribution in [2.45, 2.75) is 31.6 Å². The fourth-order valence-corrected chi connectivity index (χ4v) is 3.00. The number of carbonyl (C=O) groups excluding carboxylic acids is 1. The number of rotatable bonds is 6. The molecule has 0 unspecified atom stereocenters. The normalized spacial score (nSPS) is 21.1. The van der Waals surface area contributed by atoms with Gasteiger partial charge in [-0.1, -0.05) is 0 Å². The van der Waals surface area contributed by atoms with Crippen LogP contribution in [-0.4, -0.2) is 68.2 Å². The quantitative estimate of drug-likeness (QED) is 0.847. The van der Waals surface area contributed by atoms with Gasteiger partial charge in [-0.25, -0.2) is 14.4 Å². The maximum absolute atomic E-state index is 13.9. The van der Waals surface area contributed by atoms with Crippen molar-refractivity contribution in [3.63, 3.8) is 0 Å². The van der Waals surface area contributed by atoms with Crippen LogP contribution in [0.1, 0.15) is 17.9 Å². The number of alkyl halides is 1. The number of aromatic amines is 1. The molecule has 2 atom stereocenters. The number of likely N-dealkylation sites (tertiary alicyclic amines) is 1. The minimum absolute atomic E-state index is 0.0162. The predicted octanol–water partition coefficient (Wildman–Crippen LogP) is 0.813. The fourth-order valence-electron chi connectivity index (χ4n) is 3.00. The van der Waals surface area contributed by atoms with Crippen molar-refractivity contribution >= 4 is 5.91 Å². The van der Waals surface area contributed by atoms with E-state index >= 15 is 0 Å². The maximum atomic E-state index is 13.9. The Morgan fingerprint density at radius 2 is 2.21 bits per heavy atom. The van der Waals surface area contributed by atoms with Crippen LogP contribution in [0.2, 0.25) is 0 Å². The highest BCUT2D eigenvalue weighted by Gasteiger charge is 2.33. The van der Waals surface area contributed by atoms with E-state index in [-0.39, 0.29) is 18.4 Å². The summed E-state index contributed by atoms with van der Waals surface area (Å²) in [5.41, 5.74) is 0.774. The molecule has 0 bridgehead atoms. The zero-order valence-corrected chi connectivity index (χ0v) is 13.6. The summed E-state index contributed by atoms with van der Waals surface area (Å²) in [7, 11) is 1.75. The second kappa shape index (κ2) is 7.48. The van der Waals surface area contributed by atoms with Crippen molar-refractivity contribution in [2.75, 3.05) is 20.1 Å². The van der Waals surface area contributed by atoms with Crippen LogP contribution in [0.25, 0.3) is 0 Å². The minimum Gasteiger partial charge on any atom is -0.344 e. The Bertz CT molecular complexity index is 650. The standard InChI is InChI=1S/C16H21FN6O/c1-22(16(24)8-13-3-6-20-21-13)10-14-7-12(17)9-23(14)11-15-18-4-2-5-19-15/h2-6,12,14H,7-11H2,1H3,(H,20,21)/t12-,14-/m0/s1. The molecule has 1 N–H and O–H groups in total. The van der Waals surface area contributed by atoms with Gasteiger partial charge in [-0.3, -0.25) is 14.8 Å². The molecule has 7 nitrogen and oxygen atoms in total. The van der Waals surface area contributed by atoms with Gasteiger partial charge in [-0.05, 0) is 18.6 Å². The van der Waals surface area contributed by atoms with E-state index in [1.165, 1.54) is 0 Å². The predicted molar refractivity (Wildman–Crippen MR) is 85.7 cm³/mol. The largest absolute Gasteiger partial charge is 0.344 e. The zero-order chi connectivity index (χ0) is 16.9. The summed E-state index contributed by atoms with van der Waals surface area (Å²) in [5.74, 6) is 0.653. The van der Waals surface area contributed by atoms with E-state index in [2.05, 4.69) is 20.2 Å². The first-order chi connectivity index (χ1) is 11.6. The van der Waals surface area contributed by atoms with Crippen molar-refractivity contribution in [1.29, 1.82) is 0 Å². The van der Waals surface area contributed by atoms with E-state index < -0.39 is 6.17 Å². The van der Waals surface area contributed by atoms with Crippen molar-refractivity contribution in [3.8, 4) is 0 Å². The summed E-state index contributed by atoms with van der Waals surface area (Å²) in [6.45, 7) is 1.33. The molecular formula is C16H21FN6O. The summed E-state index contributed by atoms with van der Waals surface area (Å²) in [4.78, 5) is 24.4. The number of hydrogen-bond donors (Lipinski definition) is 1. The van der Waals surface area contributed by atoms with Crippen LogP contribution in [0.5, 0.6) is 0 Å². The van der Waals surface area contributed by atoms with Crippen LogP contribution < -0.4 is 0 Å². The third kappa shape index (κ3) is 4.14. The van der Waals surface area contributed by atoms with E-state index in [9.17, 15) is 9.18 Å². The number of nitrogens with one attached hydrogen (secondary N) is 1. The molecule has 0 aliphatic carbocycles. The van der Waals surface area contributed by atoms with Crippen LogP contribution in [0.4, 0.5) is 4.39 Å². The second-order valence-electron chi connectivity index (χ2n) is 6.11. The van der Waals surface area contributed by atoms with E-state index in [0.717, 1.165) is 5.69 Å². The van der Waals surface area contributed by atoms with Crippen LogP contribution >= 0.6 is 0 Å². The highest BCUT2D eigenvalue weighted by atomic mass is 19.1. The van der Waals surface area contributed by atoms with Gasteiger partial charge in [0.05, 0.1) is 13.0 Å². The fraction of sp³-hybridized carbons (Fsp3) is 0.500. The Kier molecular flexibility index (Phi) is 5.14. The molecule has 1 saturated heterocycles. The highest BCUT2D eigenvalue weighted by Crippen LogP contribution is 2.22. The first-order valence-electron chi connectivity index (χ1n) is 7.98. The van der Waals surface area contributed by atoms with E-state index in [4.69, 9.17) is 0 Å². The minimum atomic E-state index is -0.880. The molecule has 3 heterocycles. The van der Waals surface area contributed by atoms with Gasteiger partial charge in [-0.2, -0.15) is 5.10 Å². The lowest BCUT2D eigenvalue weighted by Gasteiger charge is -2.27. The van der Waals surface area contributed by atoms with E-state index in [1.54, 1.807) is 42.7 Å². The van der Waals surface area contributed by atoms with Gasteiger partial charge in [0.2, 0.25) is 5.91 Å². The van der Waals surface area contributed by atoms with Crippen LogP contribution in [-0.2, 0) is 17.8 Å². The molecule has 1 aliphatic rings. The topological polar surface area (TPSA) is 78.0 Å². The molecule has 2 aromatic rings. The molecule has 3 rings (SSSR count). The van der Waals surface area contributed by atoms with Crippen LogP contribution in [0.3, 0.4) is 0 Å². The molecule has 1 amide bonds. The number of nitrogens with zero attached hydrogens (tertiary/aromatic N) is 5. The van der Waals surface area contributed by atoms with Gasteiger partial charge in [0.15, 0.2) is 0 Å². The summed E-state index contributed by atoms with van der Waals surface area (Å²) < 4.78 is 13.9. The number of aromatic nitrogens is 4. The van der Waals surface area contributed by atoms with Gasteiger partial charge < -0.3 is 4.90 Å². The number of hydrogen-bond acceptors (Lipinski definition) is 5. The smallest absolute Gasteiger partial charge is 0.228 e. The number of H-pyrrole nitrogens is 1. The molecule has 1 aliphatic heterocycles. The van der Waals surface area contributed by atoms with Crippen molar-refractivity contribution in [1.82, 2.24) is 30.0 Å². The number of halogens is 1. The average molecular weight is 332 g/mol. The average Bonchev–Trinajstić information content (AvgIpc) is 3.18. The van der Waals surface area contributed by atoms with Gasteiger partial charge >= 0.3 is 0 Å². The SMILES string of the molecule is CN(C[C@@H]1C[C@H](F)CN1Cc1ncccn1)C(=O)Cc1ccn[nH]1. The second-order valence-corrected chi connectivity index (χ2v) is 6.11.